The second-order valence-corrected chi connectivity index (χ2v) is 20.8. The molecule has 0 bridgehead atoms. The Morgan fingerprint density at radius 3 is 2.22 bits per heavy atom. The lowest BCUT2D eigenvalue weighted by Gasteiger charge is -2.35. The van der Waals surface area contributed by atoms with Crippen molar-refractivity contribution in [1.82, 2.24) is 36.4 Å². The van der Waals surface area contributed by atoms with Gasteiger partial charge in [0.05, 0.1) is 17.1 Å². The van der Waals surface area contributed by atoms with Gasteiger partial charge in [-0.25, -0.2) is 9.59 Å². The number of cyclic esters (lactones) is 1. The van der Waals surface area contributed by atoms with Crippen molar-refractivity contribution in [2.24, 2.45) is 17.1 Å². The molecule has 0 radical (unpaired) electrons. The summed E-state index contributed by atoms with van der Waals surface area (Å²) in [6, 6.07) is 4.98. The molecule has 6 atom stereocenters. The quantitative estimate of drug-likeness (QED) is 0.0380. The molecule has 2 aromatic carbocycles. The summed E-state index contributed by atoms with van der Waals surface area (Å²) in [4.78, 5) is 144. The summed E-state index contributed by atoms with van der Waals surface area (Å²) < 4.78 is 16.0. The van der Waals surface area contributed by atoms with Crippen LogP contribution in [0.25, 0.3) is 0 Å². The number of likely N-dealkylation sites (tertiary alicyclic amines) is 1. The summed E-state index contributed by atoms with van der Waals surface area (Å²) in [5.74, 6) is -4.75. The number of anilines is 2. The Labute approximate surface area is 457 Å². The summed E-state index contributed by atoms with van der Waals surface area (Å²) >= 11 is 6.52. The number of benzene rings is 2. The number of esters is 1. The van der Waals surface area contributed by atoms with E-state index in [0.717, 1.165) is 4.90 Å². The van der Waals surface area contributed by atoms with Gasteiger partial charge >= 0.3 is 18.1 Å². The number of nitrogens with one attached hydrogen (secondary N) is 7. The molecule has 24 nitrogen and oxygen atoms in total. The lowest BCUT2D eigenvalue weighted by molar-refractivity contribution is -0.164. The number of hydrogen-bond acceptors (Lipinski definition) is 14. The van der Waals surface area contributed by atoms with E-state index < -0.39 is 89.5 Å². The maximum Gasteiger partial charge on any atom is 0.412 e. The number of unbranched alkanes of at least 4 members (excludes halogenated alkanes) is 2. The van der Waals surface area contributed by atoms with Gasteiger partial charge in [-0.2, -0.15) is 0 Å². The summed E-state index contributed by atoms with van der Waals surface area (Å²) in [5, 5.41) is 18.8. The van der Waals surface area contributed by atoms with E-state index in [0.29, 0.717) is 43.4 Å². The number of carbonyl (C=O) groups is 11. The third-order valence-electron chi connectivity index (χ3n) is 13.0. The van der Waals surface area contributed by atoms with E-state index in [-0.39, 0.29) is 98.4 Å². The molecule has 0 unspecified atom stereocenters. The molecule has 2 fully saturated rings. The summed E-state index contributed by atoms with van der Waals surface area (Å²) in [6.45, 7) is 11.2. The predicted molar refractivity (Wildman–Crippen MR) is 284 cm³/mol. The number of amides is 11. The highest BCUT2D eigenvalue weighted by molar-refractivity contribution is 6.34. The predicted octanol–water partition coefficient (Wildman–Crippen LogP) is 3.52. The van der Waals surface area contributed by atoms with Crippen LogP contribution in [0.15, 0.2) is 54.6 Å². The molecule has 25 heteroatoms. The van der Waals surface area contributed by atoms with Crippen LogP contribution >= 0.6 is 11.6 Å². The van der Waals surface area contributed by atoms with Gasteiger partial charge in [0, 0.05) is 56.1 Å². The van der Waals surface area contributed by atoms with E-state index in [4.69, 9.17) is 31.5 Å². The molecule has 78 heavy (non-hydrogen) atoms. The largest absolute Gasteiger partial charge is 0.444 e. The van der Waals surface area contributed by atoms with Crippen molar-refractivity contribution in [3.05, 3.63) is 70.8 Å². The number of nitrogens with zero attached hydrogens (tertiary/aromatic N) is 2. The average molecular weight is 1110 g/mol. The normalized spacial score (nSPS) is 18.2. The van der Waals surface area contributed by atoms with Gasteiger partial charge in [0.1, 0.15) is 36.8 Å². The van der Waals surface area contributed by atoms with Gasteiger partial charge in [-0.1, -0.05) is 64.8 Å². The first-order valence-corrected chi connectivity index (χ1v) is 26.4. The SMILES string of the molecule is CCO[C@@H]1OC(=O)C[C@@H]1NC(=O)[C@@H]1CCCN1C(=O)[C@@H](NC(=O)c1ccc(NC(=O)OCc2ccc(NC(=O)[C@H](CCCNC(N)=O)NC(=O)[C@@H](NC(=O)CCCCCN3C(=O)C=CC3=O)C(C)C)cc2)c(Cl)c1)C(C)(C)C. The maximum absolute atomic E-state index is 14.1. The molecule has 2 aromatic rings. The smallest absolute Gasteiger partial charge is 0.412 e. The molecular formula is C53H71ClN10O14. The Morgan fingerprint density at radius 1 is 0.872 bits per heavy atom. The first-order valence-electron chi connectivity index (χ1n) is 26.0. The van der Waals surface area contributed by atoms with Crippen molar-refractivity contribution >= 4 is 88.3 Å². The minimum absolute atomic E-state index is 0.00728. The third kappa shape index (κ3) is 18.0. The van der Waals surface area contributed by atoms with Crippen molar-refractivity contribution in [2.45, 2.75) is 142 Å². The topological polar surface area (TPSA) is 332 Å². The number of rotatable bonds is 26. The number of imide groups is 1. The Balaban J connectivity index is 1.11. The van der Waals surface area contributed by atoms with Crippen LogP contribution in [0, 0.1) is 11.3 Å². The van der Waals surface area contributed by atoms with E-state index in [1.165, 1.54) is 35.3 Å². The van der Waals surface area contributed by atoms with Crippen molar-refractivity contribution in [3.63, 3.8) is 0 Å². The van der Waals surface area contributed by atoms with Crippen molar-refractivity contribution in [1.29, 1.82) is 0 Å². The maximum atomic E-state index is 14.1. The van der Waals surface area contributed by atoms with Gasteiger partial charge in [0.2, 0.25) is 35.8 Å². The fourth-order valence-electron chi connectivity index (χ4n) is 8.76. The summed E-state index contributed by atoms with van der Waals surface area (Å²) in [6.07, 6.45) is 3.43. The van der Waals surface area contributed by atoms with Gasteiger partial charge in [0.25, 0.3) is 17.7 Å². The van der Waals surface area contributed by atoms with Gasteiger partial charge in [-0.3, -0.25) is 53.4 Å². The number of urea groups is 1. The molecule has 0 aliphatic carbocycles. The third-order valence-corrected chi connectivity index (χ3v) is 13.3. The number of halogens is 1. The highest BCUT2D eigenvalue weighted by Gasteiger charge is 2.44. The first-order chi connectivity index (χ1) is 36.9. The van der Waals surface area contributed by atoms with Crippen molar-refractivity contribution in [3.8, 4) is 0 Å². The van der Waals surface area contributed by atoms with Crippen LogP contribution in [0.2, 0.25) is 5.02 Å². The summed E-state index contributed by atoms with van der Waals surface area (Å²) in [5.41, 5.74) is 5.48. The van der Waals surface area contributed by atoms with Crippen molar-refractivity contribution < 1.29 is 67.0 Å². The average Bonchev–Trinajstić information content (AvgIpc) is 4.10. The van der Waals surface area contributed by atoms with Gasteiger partial charge in [-0.15, -0.1) is 0 Å². The lowest BCUT2D eigenvalue weighted by Crippen LogP contribution is -2.58. The van der Waals surface area contributed by atoms with Gasteiger partial charge < -0.3 is 56.7 Å². The van der Waals surface area contributed by atoms with Gasteiger partial charge in [-0.05, 0) is 92.7 Å². The highest BCUT2D eigenvalue weighted by atomic mass is 35.5. The molecule has 2 saturated heterocycles. The number of carbonyl (C=O) groups excluding carboxylic acids is 11. The second kappa shape index (κ2) is 28.7. The van der Waals surface area contributed by atoms with E-state index in [2.05, 4.69) is 37.2 Å². The zero-order valence-corrected chi connectivity index (χ0v) is 45.5. The molecule has 3 heterocycles. The van der Waals surface area contributed by atoms with Crippen LogP contribution in [0.5, 0.6) is 0 Å². The zero-order chi connectivity index (χ0) is 57.3. The second-order valence-electron chi connectivity index (χ2n) is 20.4. The molecule has 424 valence electrons. The fourth-order valence-corrected chi connectivity index (χ4v) is 8.99. The van der Waals surface area contributed by atoms with Crippen LogP contribution < -0.4 is 43.0 Å². The molecule has 0 aromatic heterocycles. The van der Waals surface area contributed by atoms with E-state index >= 15 is 0 Å². The van der Waals surface area contributed by atoms with E-state index in [1.54, 1.807) is 65.8 Å². The molecule has 11 amide bonds. The first kappa shape index (κ1) is 61.3. The number of ether oxygens (including phenoxy) is 3. The highest BCUT2D eigenvalue weighted by Crippen LogP contribution is 2.29. The number of nitrogens with two attached hydrogens (primary N) is 1. The molecule has 0 saturated carbocycles. The van der Waals surface area contributed by atoms with Crippen LogP contribution in [0.3, 0.4) is 0 Å². The molecule has 3 aliphatic rings. The van der Waals surface area contributed by atoms with Crippen LogP contribution in [0.4, 0.5) is 21.0 Å². The zero-order valence-electron chi connectivity index (χ0n) is 44.7. The summed E-state index contributed by atoms with van der Waals surface area (Å²) in [7, 11) is 0. The van der Waals surface area contributed by atoms with E-state index in [1.807, 2.05) is 0 Å². The van der Waals surface area contributed by atoms with Crippen LogP contribution in [0.1, 0.15) is 115 Å². The Morgan fingerprint density at radius 2 is 1.58 bits per heavy atom. The number of hydrogen-bond donors (Lipinski definition) is 8. The van der Waals surface area contributed by atoms with Crippen molar-refractivity contribution in [2.75, 3.05) is 36.9 Å². The van der Waals surface area contributed by atoms with Gasteiger partial charge in [0.15, 0.2) is 0 Å². The standard InChI is InChI=1S/C53H71ClN10O14/c1-7-76-50-37(28-42(68)78-50)59-47(71)38-14-12-26-63(38)49(73)44(53(4,5)6)62-45(69)32-18-21-35(34(54)27-32)60-52(75)77-29-31-16-19-33(20-17-31)57-46(70)36(13-11-24-56-51(55)74)58-48(72)43(30(2)3)61-39(65)15-9-8-10-25-64-40(66)22-23-41(64)67/h16-23,27,30,36-38,43-44,50H,7-15,24-26,28-29H2,1-6H3,(H,57,70)(H,58,72)(H,59,71)(H,60,75)(H,61,65)(H,62,69)(H3,55,56,74)/t36-,37-,38-,43-,44+,50+/m0/s1. The lowest BCUT2D eigenvalue weighted by atomic mass is 9.85. The molecule has 3 aliphatic heterocycles. The minimum Gasteiger partial charge on any atom is -0.444 e. The molecule has 0 spiro atoms. The molecule has 5 rings (SSSR count). The van der Waals surface area contributed by atoms with Crippen LogP contribution in [-0.4, -0.2) is 138 Å². The van der Waals surface area contributed by atoms with E-state index in [9.17, 15) is 52.7 Å². The van der Waals surface area contributed by atoms with Crippen LogP contribution in [-0.2, 0) is 59.2 Å². The Hall–Kier alpha value is -7.60. The Kier molecular flexibility index (Phi) is 22.5. The minimum atomic E-state index is -1.10. The Bertz CT molecular complexity index is 2570. The number of primary amides is 1. The molecule has 9 N–H and O–H groups in total. The monoisotopic (exact) mass is 1110 g/mol. The molecular weight excluding hydrogens is 1040 g/mol. The fraction of sp³-hybridized carbons (Fsp3) is 0.528.